The van der Waals surface area contributed by atoms with Crippen LogP contribution in [0.15, 0.2) is 16.6 Å². The number of nitrogens with zero attached hydrogens (tertiary/aromatic N) is 1. The summed E-state index contributed by atoms with van der Waals surface area (Å²) in [6.45, 7) is 6.93. The second kappa shape index (κ2) is 8.01. The summed E-state index contributed by atoms with van der Waals surface area (Å²) in [4.78, 5) is 2.39. The van der Waals surface area contributed by atoms with Crippen molar-refractivity contribution in [2.45, 2.75) is 19.9 Å². The third kappa shape index (κ3) is 4.59. The van der Waals surface area contributed by atoms with Crippen LogP contribution in [0.4, 0.5) is 0 Å². The molecule has 21 heavy (non-hydrogen) atoms. The summed E-state index contributed by atoms with van der Waals surface area (Å²) in [6.07, 6.45) is 1.29. The molecule has 5 heteroatoms. The lowest BCUT2D eigenvalue weighted by molar-refractivity contribution is 0.308. The molecule has 0 spiro atoms. The van der Waals surface area contributed by atoms with E-state index in [0.29, 0.717) is 6.61 Å². The molecule has 0 saturated carbocycles. The Morgan fingerprint density at radius 2 is 2.24 bits per heavy atom. The Kier molecular flexibility index (Phi) is 6.33. The largest absolute Gasteiger partial charge is 0.493 e. The van der Waals surface area contributed by atoms with E-state index >= 15 is 0 Å². The van der Waals surface area contributed by atoms with Crippen molar-refractivity contribution in [1.29, 1.82) is 0 Å². The van der Waals surface area contributed by atoms with E-state index in [-0.39, 0.29) is 0 Å². The summed E-state index contributed by atoms with van der Waals surface area (Å²) in [6, 6.07) is 4.14. The number of rotatable bonds is 7. The molecule has 1 aliphatic rings. The number of likely N-dealkylation sites (tertiary alicyclic amines) is 1. The number of hydrogen-bond donors (Lipinski definition) is 1. The Morgan fingerprint density at radius 3 is 2.86 bits per heavy atom. The molecule has 4 nitrogen and oxygen atoms in total. The highest BCUT2D eigenvalue weighted by Crippen LogP contribution is 2.36. The summed E-state index contributed by atoms with van der Waals surface area (Å²) in [5, 5.41) is 3.55. The fraction of sp³-hybridized carbons (Fsp3) is 0.625. The van der Waals surface area contributed by atoms with E-state index < -0.39 is 0 Å². The molecule has 0 radical (unpaired) electrons. The SMILES string of the molecule is CCOc1c(Br)cc(CNCC2CCN(C)C2)cc1OC. The van der Waals surface area contributed by atoms with Gasteiger partial charge in [-0.25, -0.2) is 0 Å². The van der Waals surface area contributed by atoms with Crippen LogP contribution in [0.5, 0.6) is 11.5 Å². The van der Waals surface area contributed by atoms with Gasteiger partial charge < -0.3 is 19.7 Å². The van der Waals surface area contributed by atoms with Gasteiger partial charge in [-0.3, -0.25) is 0 Å². The van der Waals surface area contributed by atoms with Gasteiger partial charge in [0, 0.05) is 13.1 Å². The number of nitrogens with one attached hydrogen (secondary N) is 1. The normalized spacial score (nSPS) is 19.0. The summed E-state index contributed by atoms with van der Waals surface area (Å²) in [5.74, 6) is 2.33. The Bertz CT molecular complexity index is 468. The van der Waals surface area contributed by atoms with Crippen LogP contribution in [-0.4, -0.2) is 45.3 Å². The van der Waals surface area contributed by atoms with Crippen LogP contribution in [-0.2, 0) is 6.54 Å². The minimum atomic E-state index is 0.627. The molecule has 1 atom stereocenters. The quantitative estimate of drug-likeness (QED) is 0.814. The summed E-state index contributed by atoms with van der Waals surface area (Å²) in [5.41, 5.74) is 1.20. The smallest absolute Gasteiger partial charge is 0.175 e. The molecule has 0 amide bonds. The molecule has 1 N–H and O–H groups in total. The van der Waals surface area contributed by atoms with Crippen molar-refractivity contribution in [3.05, 3.63) is 22.2 Å². The van der Waals surface area contributed by atoms with Crippen LogP contribution >= 0.6 is 15.9 Å². The third-order valence-corrected chi connectivity index (χ3v) is 4.42. The van der Waals surface area contributed by atoms with E-state index in [9.17, 15) is 0 Å². The van der Waals surface area contributed by atoms with Gasteiger partial charge in [-0.2, -0.15) is 0 Å². The third-order valence-electron chi connectivity index (χ3n) is 3.83. The van der Waals surface area contributed by atoms with E-state index in [4.69, 9.17) is 9.47 Å². The van der Waals surface area contributed by atoms with Gasteiger partial charge in [0.15, 0.2) is 11.5 Å². The molecule has 1 aromatic rings. The van der Waals surface area contributed by atoms with Gasteiger partial charge in [-0.05, 0) is 73.0 Å². The lowest BCUT2D eigenvalue weighted by Crippen LogP contribution is -2.24. The molecule has 1 fully saturated rings. The van der Waals surface area contributed by atoms with Crippen LogP contribution in [0.1, 0.15) is 18.9 Å². The summed E-state index contributed by atoms with van der Waals surface area (Å²) in [7, 11) is 3.87. The Morgan fingerprint density at radius 1 is 1.43 bits per heavy atom. The predicted octanol–water partition coefficient (Wildman–Crippen LogP) is 2.90. The Balaban J connectivity index is 1.92. The summed E-state index contributed by atoms with van der Waals surface area (Å²) < 4.78 is 12.0. The molecule has 1 aromatic carbocycles. The highest BCUT2D eigenvalue weighted by Gasteiger charge is 2.18. The first-order chi connectivity index (χ1) is 10.1. The molecule has 1 heterocycles. The topological polar surface area (TPSA) is 33.7 Å². The average molecular weight is 357 g/mol. The number of benzene rings is 1. The van der Waals surface area contributed by atoms with Crippen LogP contribution in [0.2, 0.25) is 0 Å². The Hall–Kier alpha value is -0.780. The van der Waals surface area contributed by atoms with Gasteiger partial charge in [-0.15, -0.1) is 0 Å². The molecular weight excluding hydrogens is 332 g/mol. The van der Waals surface area contributed by atoms with Gasteiger partial charge in [-0.1, -0.05) is 0 Å². The van der Waals surface area contributed by atoms with E-state index in [1.807, 2.05) is 13.0 Å². The minimum absolute atomic E-state index is 0.627. The standard InChI is InChI=1S/C16H25BrN2O2/c1-4-21-16-14(17)7-13(8-15(16)20-3)10-18-9-12-5-6-19(2)11-12/h7-8,12,18H,4-6,9-11H2,1-3H3. The fourth-order valence-electron chi connectivity index (χ4n) is 2.77. The first-order valence-corrected chi connectivity index (χ1v) is 8.31. The van der Waals surface area contributed by atoms with Crippen molar-refractivity contribution in [3.8, 4) is 11.5 Å². The maximum Gasteiger partial charge on any atom is 0.175 e. The van der Waals surface area contributed by atoms with Gasteiger partial charge in [0.2, 0.25) is 0 Å². The molecular formula is C16H25BrN2O2. The molecule has 0 bridgehead atoms. The fourth-order valence-corrected chi connectivity index (χ4v) is 3.38. The average Bonchev–Trinajstić information content (AvgIpc) is 2.87. The predicted molar refractivity (Wildman–Crippen MR) is 89.2 cm³/mol. The van der Waals surface area contributed by atoms with Crippen LogP contribution < -0.4 is 14.8 Å². The Labute approximate surface area is 135 Å². The van der Waals surface area contributed by atoms with Crippen molar-refractivity contribution in [3.63, 3.8) is 0 Å². The maximum absolute atomic E-state index is 5.61. The number of methoxy groups -OCH3 is 1. The van der Waals surface area contributed by atoms with Crippen molar-refractivity contribution < 1.29 is 9.47 Å². The molecule has 0 aliphatic carbocycles. The van der Waals surface area contributed by atoms with Crippen LogP contribution in [0.3, 0.4) is 0 Å². The van der Waals surface area contributed by atoms with Gasteiger partial charge >= 0.3 is 0 Å². The van der Waals surface area contributed by atoms with Crippen molar-refractivity contribution in [2.75, 3.05) is 40.4 Å². The number of hydrogen-bond acceptors (Lipinski definition) is 4. The van der Waals surface area contributed by atoms with E-state index in [2.05, 4.69) is 39.3 Å². The molecule has 1 aliphatic heterocycles. The van der Waals surface area contributed by atoms with E-state index in [1.165, 1.54) is 25.1 Å². The van der Waals surface area contributed by atoms with Gasteiger partial charge in [0.25, 0.3) is 0 Å². The molecule has 118 valence electrons. The second-order valence-corrected chi connectivity index (χ2v) is 6.44. The maximum atomic E-state index is 5.61. The van der Waals surface area contributed by atoms with Crippen LogP contribution in [0.25, 0.3) is 0 Å². The molecule has 2 rings (SSSR count). The van der Waals surface area contributed by atoms with E-state index in [0.717, 1.165) is 35.0 Å². The monoisotopic (exact) mass is 356 g/mol. The van der Waals surface area contributed by atoms with Crippen molar-refractivity contribution in [1.82, 2.24) is 10.2 Å². The first-order valence-electron chi connectivity index (χ1n) is 7.52. The highest BCUT2D eigenvalue weighted by molar-refractivity contribution is 9.10. The lowest BCUT2D eigenvalue weighted by atomic mass is 10.1. The number of ether oxygens (including phenoxy) is 2. The highest BCUT2D eigenvalue weighted by atomic mass is 79.9. The zero-order valence-electron chi connectivity index (χ0n) is 13.1. The lowest BCUT2D eigenvalue weighted by Gasteiger charge is -2.15. The van der Waals surface area contributed by atoms with Crippen LogP contribution in [0, 0.1) is 5.92 Å². The van der Waals surface area contributed by atoms with E-state index in [1.54, 1.807) is 7.11 Å². The molecule has 0 aromatic heterocycles. The first kappa shape index (κ1) is 16.6. The second-order valence-electron chi connectivity index (χ2n) is 5.59. The zero-order chi connectivity index (χ0) is 15.2. The van der Waals surface area contributed by atoms with Gasteiger partial charge in [0.05, 0.1) is 18.2 Å². The molecule has 1 unspecified atom stereocenters. The summed E-state index contributed by atoms with van der Waals surface area (Å²) >= 11 is 3.57. The van der Waals surface area contributed by atoms with Gasteiger partial charge in [0.1, 0.15) is 0 Å². The van der Waals surface area contributed by atoms with Crippen molar-refractivity contribution in [2.24, 2.45) is 5.92 Å². The number of halogens is 1. The zero-order valence-corrected chi connectivity index (χ0v) is 14.7. The molecule has 1 saturated heterocycles. The minimum Gasteiger partial charge on any atom is -0.493 e. The van der Waals surface area contributed by atoms with Crippen molar-refractivity contribution >= 4 is 15.9 Å².